The Kier molecular flexibility index (Phi) is 4.59. The molecule has 1 heterocycles. The van der Waals surface area contributed by atoms with Gasteiger partial charge in [-0.3, -0.25) is 0 Å². The summed E-state index contributed by atoms with van der Waals surface area (Å²) < 4.78 is 10.8. The number of thiophene rings is 1. The maximum Gasteiger partial charge on any atom is 0.127 e. The summed E-state index contributed by atoms with van der Waals surface area (Å²) in [6.07, 6.45) is 0.911. The smallest absolute Gasteiger partial charge is 0.127 e. The van der Waals surface area contributed by atoms with Crippen molar-refractivity contribution >= 4 is 11.3 Å². The van der Waals surface area contributed by atoms with Crippen LogP contribution >= 0.6 is 11.3 Å². The predicted octanol–water partition coefficient (Wildman–Crippen LogP) is 3.83. The molecule has 1 aromatic heterocycles. The summed E-state index contributed by atoms with van der Waals surface area (Å²) in [7, 11) is 1.71. The summed E-state index contributed by atoms with van der Waals surface area (Å²) in [6.45, 7) is 1.43. The molecule has 2 nitrogen and oxygen atoms in total. The van der Waals surface area contributed by atoms with Crippen molar-refractivity contribution in [1.29, 1.82) is 0 Å². The van der Waals surface area contributed by atoms with Crippen molar-refractivity contribution < 1.29 is 9.47 Å². The first-order valence-electron chi connectivity index (χ1n) is 5.65. The maximum absolute atomic E-state index is 5.79. The van der Waals surface area contributed by atoms with Crippen LogP contribution in [0.5, 0.6) is 5.75 Å². The Balaban J connectivity index is 2.06. The van der Waals surface area contributed by atoms with Crippen molar-refractivity contribution in [2.24, 2.45) is 0 Å². The van der Waals surface area contributed by atoms with E-state index in [9.17, 15) is 0 Å². The molecule has 1 aromatic carbocycles. The van der Waals surface area contributed by atoms with Gasteiger partial charge in [0.05, 0.1) is 6.61 Å². The van der Waals surface area contributed by atoms with Gasteiger partial charge in [0, 0.05) is 25.7 Å². The van der Waals surface area contributed by atoms with Crippen molar-refractivity contribution in [2.75, 3.05) is 20.3 Å². The van der Waals surface area contributed by atoms with Gasteiger partial charge < -0.3 is 9.47 Å². The minimum absolute atomic E-state index is 0.689. The van der Waals surface area contributed by atoms with Gasteiger partial charge in [-0.15, -0.1) is 0 Å². The Morgan fingerprint density at radius 3 is 2.76 bits per heavy atom. The van der Waals surface area contributed by atoms with Gasteiger partial charge in [0.2, 0.25) is 0 Å². The van der Waals surface area contributed by atoms with Crippen molar-refractivity contribution in [1.82, 2.24) is 0 Å². The molecule has 0 saturated carbocycles. The molecule has 2 rings (SSSR count). The lowest BCUT2D eigenvalue weighted by Gasteiger charge is -2.10. The van der Waals surface area contributed by atoms with Crippen LogP contribution in [0, 0.1) is 0 Å². The van der Waals surface area contributed by atoms with Crippen molar-refractivity contribution in [2.45, 2.75) is 6.42 Å². The highest BCUT2D eigenvalue weighted by atomic mass is 32.1. The number of hydrogen-bond acceptors (Lipinski definition) is 3. The Hall–Kier alpha value is -1.32. The number of hydrogen-bond donors (Lipinski definition) is 0. The van der Waals surface area contributed by atoms with Crippen LogP contribution in [0.25, 0.3) is 11.1 Å². The molecular weight excluding hydrogens is 232 g/mol. The summed E-state index contributed by atoms with van der Waals surface area (Å²) in [5.41, 5.74) is 2.38. The van der Waals surface area contributed by atoms with Crippen LogP contribution in [0.3, 0.4) is 0 Å². The van der Waals surface area contributed by atoms with E-state index in [2.05, 4.69) is 22.9 Å². The molecule has 0 aliphatic carbocycles. The van der Waals surface area contributed by atoms with Crippen LogP contribution in [0.1, 0.15) is 6.42 Å². The molecule has 0 aliphatic rings. The normalized spacial score (nSPS) is 10.4. The van der Waals surface area contributed by atoms with Gasteiger partial charge in [-0.1, -0.05) is 18.2 Å². The minimum atomic E-state index is 0.689. The number of methoxy groups -OCH3 is 1. The highest BCUT2D eigenvalue weighted by molar-refractivity contribution is 7.08. The van der Waals surface area contributed by atoms with E-state index in [4.69, 9.17) is 9.47 Å². The molecule has 0 fully saturated rings. The van der Waals surface area contributed by atoms with E-state index >= 15 is 0 Å². The molecule has 0 atom stereocenters. The van der Waals surface area contributed by atoms with Gasteiger partial charge in [0.25, 0.3) is 0 Å². The zero-order chi connectivity index (χ0) is 11.9. The highest BCUT2D eigenvalue weighted by Gasteiger charge is 2.05. The number of ether oxygens (including phenoxy) is 2. The molecule has 2 aromatic rings. The Morgan fingerprint density at radius 1 is 1.12 bits per heavy atom. The second kappa shape index (κ2) is 6.42. The second-order valence-electron chi connectivity index (χ2n) is 3.70. The van der Waals surface area contributed by atoms with E-state index in [0.29, 0.717) is 6.61 Å². The van der Waals surface area contributed by atoms with Gasteiger partial charge in [-0.25, -0.2) is 0 Å². The Morgan fingerprint density at radius 2 is 2.00 bits per heavy atom. The standard InChI is InChI=1S/C14H16O2S/c1-15-8-4-9-16-14-6-3-2-5-13(14)12-7-10-17-11-12/h2-3,5-7,10-11H,4,8-9H2,1H3. The van der Waals surface area contributed by atoms with Gasteiger partial charge in [-0.05, 0) is 28.5 Å². The first-order chi connectivity index (χ1) is 8.42. The largest absolute Gasteiger partial charge is 0.493 e. The average molecular weight is 248 g/mol. The van der Waals surface area contributed by atoms with Crippen molar-refractivity contribution in [3.63, 3.8) is 0 Å². The minimum Gasteiger partial charge on any atom is -0.493 e. The van der Waals surface area contributed by atoms with Gasteiger partial charge in [0.1, 0.15) is 5.75 Å². The fourth-order valence-corrected chi connectivity index (χ4v) is 2.29. The first-order valence-corrected chi connectivity index (χ1v) is 6.59. The quantitative estimate of drug-likeness (QED) is 0.723. The van der Waals surface area contributed by atoms with Crippen LogP contribution in [0.4, 0.5) is 0 Å². The van der Waals surface area contributed by atoms with E-state index in [1.807, 2.05) is 18.2 Å². The summed E-state index contributed by atoms with van der Waals surface area (Å²) in [4.78, 5) is 0. The van der Waals surface area contributed by atoms with Crippen molar-refractivity contribution in [3.8, 4) is 16.9 Å². The summed E-state index contributed by atoms with van der Waals surface area (Å²) >= 11 is 1.70. The maximum atomic E-state index is 5.79. The van der Waals surface area contributed by atoms with E-state index in [1.54, 1.807) is 18.4 Å². The van der Waals surface area contributed by atoms with E-state index < -0.39 is 0 Å². The van der Waals surface area contributed by atoms with E-state index in [1.165, 1.54) is 5.56 Å². The summed E-state index contributed by atoms with van der Waals surface area (Å²) in [6, 6.07) is 10.3. The van der Waals surface area contributed by atoms with Gasteiger partial charge in [-0.2, -0.15) is 11.3 Å². The first kappa shape index (κ1) is 12.1. The second-order valence-corrected chi connectivity index (χ2v) is 4.48. The lowest BCUT2D eigenvalue weighted by atomic mass is 10.1. The van der Waals surface area contributed by atoms with Crippen LogP contribution < -0.4 is 4.74 Å². The lowest BCUT2D eigenvalue weighted by molar-refractivity contribution is 0.172. The SMILES string of the molecule is COCCCOc1ccccc1-c1ccsc1. The molecule has 0 amide bonds. The summed E-state index contributed by atoms with van der Waals surface area (Å²) in [5, 5.41) is 4.22. The third-order valence-electron chi connectivity index (χ3n) is 2.47. The van der Waals surface area contributed by atoms with Crippen LogP contribution in [0.15, 0.2) is 41.1 Å². The van der Waals surface area contributed by atoms with E-state index in [0.717, 1.165) is 24.3 Å². The number of rotatable bonds is 6. The molecule has 0 radical (unpaired) electrons. The average Bonchev–Trinajstić information content (AvgIpc) is 2.89. The molecular formula is C14H16O2S. The Labute approximate surface area is 106 Å². The molecule has 0 bridgehead atoms. The summed E-state index contributed by atoms with van der Waals surface area (Å²) in [5.74, 6) is 0.946. The third-order valence-corrected chi connectivity index (χ3v) is 3.15. The lowest BCUT2D eigenvalue weighted by Crippen LogP contribution is -2.02. The fraction of sp³-hybridized carbons (Fsp3) is 0.286. The predicted molar refractivity (Wildman–Crippen MR) is 71.7 cm³/mol. The topological polar surface area (TPSA) is 18.5 Å². The van der Waals surface area contributed by atoms with Gasteiger partial charge in [0.15, 0.2) is 0 Å². The van der Waals surface area contributed by atoms with Crippen LogP contribution in [0.2, 0.25) is 0 Å². The number of benzene rings is 1. The molecule has 0 saturated heterocycles. The van der Waals surface area contributed by atoms with Crippen LogP contribution in [-0.2, 0) is 4.74 Å². The zero-order valence-electron chi connectivity index (χ0n) is 9.89. The monoisotopic (exact) mass is 248 g/mol. The van der Waals surface area contributed by atoms with Gasteiger partial charge >= 0.3 is 0 Å². The molecule has 0 aliphatic heterocycles. The van der Waals surface area contributed by atoms with Crippen molar-refractivity contribution in [3.05, 3.63) is 41.1 Å². The molecule has 17 heavy (non-hydrogen) atoms. The third kappa shape index (κ3) is 3.32. The highest BCUT2D eigenvalue weighted by Crippen LogP contribution is 2.31. The zero-order valence-corrected chi connectivity index (χ0v) is 10.7. The van der Waals surface area contributed by atoms with Crippen LogP contribution in [-0.4, -0.2) is 20.3 Å². The molecule has 90 valence electrons. The molecule has 0 N–H and O–H groups in total. The molecule has 3 heteroatoms. The Bertz CT molecular complexity index is 437. The number of para-hydroxylation sites is 1. The van der Waals surface area contributed by atoms with E-state index in [-0.39, 0.29) is 0 Å². The fourth-order valence-electron chi connectivity index (χ4n) is 1.63. The molecule has 0 unspecified atom stereocenters. The molecule has 0 spiro atoms.